The van der Waals surface area contributed by atoms with Crippen molar-refractivity contribution in [2.45, 2.75) is 26.7 Å². The average Bonchev–Trinajstić information content (AvgIpc) is 3.05. The molecule has 5 nitrogen and oxygen atoms in total. The van der Waals surface area contributed by atoms with E-state index in [4.69, 9.17) is 0 Å². The highest BCUT2D eigenvalue weighted by molar-refractivity contribution is 5.98. The average molecular weight is 344 g/mol. The van der Waals surface area contributed by atoms with Crippen LogP contribution in [-0.2, 0) is 6.42 Å². The van der Waals surface area contributed by atoms with E-state index in [0.29, 0.717) is 17.9 Å². The summed E-state index contributed by atoms with van der Waals surface area (Å²) in [6.45, 7) is 3.87. The molecule has 0 aliphatic heterocycles. The highest BCUT2D eigenvalue weighted by Gasteiger charge is 2.28. The monoisotopic (exact) mass is 344 g/mol. The second-order valence-corrected chi connectivity index (χ2v) is 6.73. The van der Waals surface area contributed by atoms with Gasteiger partial charge >= 0.3 is 0 Å². The lowest BCUT2D eigenvalue weighted by Gasteiger charge is -2.19. The number of hydrogen-bond acceptors (Lipinski definition) is 4. The second kappa shape index (κ2) is 6.67. The maximum Gasteiger partial charge on any atom is 0.251 e. The zero-order valence-corrected chi connectivity index (χ0v) is 14.9. The molecule has 0 spiro atoms. The molecule has 2 heterocycles. The van der Waals surface area contributed by atoms with Crippen molar-refractivity contribution in [2.24, 2.45) is 5.92 Å². The van der Waals surface area contributed by atoms with Crippen LogP contribution in [0, 0.1) is 19.8 Å². The molecule has 26 heavy (non-hydrogen) atoms. The smallest absolute Gasteiger partial charge is 0.251 e. The van der Waals surface area contributed by atoms with Crippen molar-refractivity contribution in [2.75, 3.05) is 0 Å². The molecule has 1 atom stereocenters. The molecule has 0 radical (unpaired) electrons. The quantitative estimate of drug-likeness (QED) is 0.726. The molecule has 1 unspecified atom stereocenters. The molecule has 5 heteroatoms. The van der Waals surface area contributed by atoms with E-state index in [1.807, 2.05) is 38.1 Å². The molecule has 0 saturated heterocycles. The molecule has 1 aliphatic rings. The normalized spacial score (nSPS) is 16.8. The zero-order chi connectivity index (χ0) is 18.1. The number of ketones is 1. The van der Waals surface area contributed by atoms with E-state index in [1.54, 1.807) is 10.9 Å². The highest BCUT2D eigenvalue weighted by atomic mass is 16.1. The largest absolute Gasteiger partial charge is 0.294 e. The van der Waals surface area contributed by atoms with Crippen LogP contribution < -0.4 is 0 Å². The summed E-state index contributed by atoms with van der Waals surface area (Å²) in [5.41, 5.74) is 4.50. The molecule has 0 bridgehead atoms. The lowest BCUT2D eigenvalue weighted by Crippen LogP contribution is -2.21. The van der Waals surface area contributed by atoms with Gasteiger partial charge in [0.25, 0.3) is 5.95 Å². The van der Waals surface area contributed by atoms with Gasteiger partial charge in [0.05, 0.1) is 17.5 Å². The molecule has 0 fully saturated rings. The minimum atomic E-state index is 0.129. The molecule has 130 valence electrons. The third-order valence-corrected chi connectivity index (χ3v) is 4.59. The number of nitrogens with zero attached hydrogens (tertiary/aromatic N) is 4. The summed E-state index contributed by atoms with van der Waals surface area (Å²) in [7, 11) is 0. The Kier molecular flexibility index (Phi) is 4.21. The standard InChI is InChI=1S/C21H20N4O/c1-14-10-15(2)24-21(23-14)25-19-11-17(12-20(26)18(19)13-22-25)9-8-16-6-4-3-5-7-16/h3-10,13,17H,11-12H2,1-2H3. The SMILES string of the molecule is Cc1cc(C)nc(-n2ncc3c2CC(C=Cc2ccccc2)CC3=O)n1. The number of rotatable bonds is 3. The first-order chi connectivity index (χ1) is 12.6. The predicted molar refractivity (Wildman–Crippen MR) is 100 cm³/mol. The lowest BCUT2D eigenvalue weighted by atomic mass is 9.86. The van der Waals surface area contributed by atoms with E-state index >= 15 is 0 Å². The van der Waals surface area contributed by atoms with Crippen LogP contribution in [0.5, 0.6) is 0 Å². The van der Waals surface area contributed by atoms with E-state index in [0.717, 1.165) is 29.1 Å². The summed E-state index contributed by atoms with van der Waals surface area (Å²) in [4.78, 5) is 21.5. The number of hydrogen-bond donors (Lipinski definition) is 0. The molecule has 0 saturated carbocycles. The molecule has 4 rings (SSSR count). The maximum atomic E-state index is 12.6. The van der Waals surface area contributed by atoms with Crippen molar-refractivity contribution >= 4 is 11.9 Å². The zero-order valence-electron chi connectivity index (χ0n) is 14.9. The van der Waals surface area contributed by atoms with Crippen LogP contribution in [0.25, 0.3) is 12.0 Å². The fraction of sp³-hybridized carbons (Fsp3) is 0.238. The maximum absolute atomic E-state index is 12.6. The number of carbonyl (C=O) groups excluding carboxylic acids is 1. The number of fused-ring (bicyclic) bond motifs is 1. The van der Waals surface area contributed by atoms with Gasteiger partial charge in [0.15, 0.2) is 5.78 Å². The molecule has 1 aliphatic carbocycles. The van der Waals surface area contributed by atoms with Crippen molar-refractivity contribution in [3.63, 3.8) is 0 Å². The van der Waals surface area contributed by atoms with Crippen molar-refractivity contribution in [3.8, 4) is 5.95 Å². The minimum Gasteiger partial charge on any atom is -0.294 e. The van der Waals surface area contributed by atoms with Gasteiger partial charge in [0, 0.05) is 17.8 Å². The molecule has 1 aromatic carbocycles. The fourth-order valence-electron chi connectivity index (χ4n) is 3.39. The van der Waals surface area contributed by atoms with E-state index < -0.39 is 0 Å². The number of aromatic nitrogens is 4. The Morgan fingerprint density at radius 1 is 1.08 bits per heavy atom. The van der Waals surface area contributed by atoms with Crippen LogP contribution in [0.4, 0.5) is 0 Å². The summed E-state index contributed by atoms with van der Waals surface area (Å²) in [6, 6.07) is 12.1. The van der Waals surface area contributed by atoms with Crippen molar-refractivity contribution < 1.29 is 4.79 Å². The van der Waals surface area contributed by atoms with Gasteiger partial charge in [-0.2, -0.15) is 5.10 Å². The van der Waals surface area contributed by atoms with E-state index in [1.165, 1.54) is 0 Å². The topological polar surface area (TPSA) is 60.7 Å². The molecule has 0 N–H and O–H groups in total. The van der Waals surface area contributed by atoms with Gasteiger partial charge in [0.1, 0.15) is 0 Å². The first kappa shape index (κ1) is 16.4. The van der Waals surface area contributed by atoms with Gasteiger partial charge in [-0.25, -0.2) is 14.6 Å². The molecule has 3 aromatic rings. The Labute approximate surface area is 152 Å². The Morgan fingerprint density at radius 2 is 1.81 bits per heavy atom. The lowest BCUT2D eigenvalue weighted by molar-refractivity contribution is 0.0958. The summed E-state index contributed by atoms with van der Waals surface area (Å²) < 4.78 is 1.72. The van der Waals surface area contributed by atoms with Gasteiger partial charge in [-0.15, -0.1) is 0 Å². The minimum absolute atomic E-state index is 0.129. The summed E-state index contributed by atoms with van der Waals surface area (Å²) in [6.07, 6.45) is 7.11. The predicted octanol–water partition coefficient (Wildman–Crippen LogP) is 3.74. The first-order valence-corrected chi connectivity index (χ1v) is 8.76. The summed E-state index contributed by atoms with van der Waals surface area (Å²) in [5.74, 6) is 0.811. The van der Waals surface area contributed by atoms with Gasteiger partial charge in [-0.3, -0.25) is 4.79 Å². The molecule has 0 amide bonds. The van der Waals surface area contributed by atoms with Crippen molar-refractivity contribution in [1.29, 1.82) is 0 Å². The van der Waals surface area contributed by atoms with Crippen LogP contribution >= 0.6 is 0 Å². The Morgan fingerprint density at radius 3 is 2.54 bits per heavy atom. The van der Waals surface area contributed by atoms with Crippen LogP contribution in [0.3, 0.4) is 0 Å². The number of carbonyl (C=O) groups is 1. The van der Waals surface area contributed by atoms with Gasteiger partial charge < -0.3 is 0 Å². The first-order valence-electron chi connectivity index (χ1n) is 8.76. The highest BCUT2D eigenvalue weighted by Crippen LogP contribution is 2.28. The number of allylic oxidation sites excluding steroid dienone is 1. The van der Waals surface area contributed by atoms with Crippen LogP contribution in [-0.4, -0.2) is 25.5 Å². The fourth-order valence-corrected chi connectivity index (χ4v) is 3.39. The molecule has 2 aromatic heterocycles. The van der Waals surface area contributed by atoms with Crippen LogP contribution in [0.15, 0.2) is 48.7 Å². The van der Waals surface area contributed by atoms with E-state index in [-0.39, 0.29) is 11.7 Å². The van der Waals surface area contributed by atoms with E-state index in [9.17, 15) is 4.79 Å². The Hall–Kier alpha value is -3.08. The Bertz CT molecular complexity index is 968. The molecular weight excluding hydrogens is 324 g/mol. The van der Waals surface area contributed by atoms with Crippen molar-refractivity contribution in [1.82, 2.24) is 19.7 Å². The van der Waals surface area contributed by atoms with Gasteiger partial charge in [0.2, 0.25) is 0 Å². The molecular formula is C21H20N4O. The number of Topliss-reactive ketones (excluding diaryl/α,β-unsaturated/α-hetero) is 1. The van der Waals surface area contributed by atoms with Gasteiger partial charge in [-0.05, 0) is 37.8 Å². The Balaban J connectivity index is 1.66. The number of aryl methyl sites for hydroxylation is 2. The second-order valence-electron chi connectivity index (χ2n) is 6.73. The van der Waals surface area contributed by atoms with Crippen LogP contribution in [0.1, 0.15) is 39.4 Å². The van der Waals surface area contributed by atoms with Gasteiger partial charge in [-0.1, -0.05) is 42.5 Å². The third-order valence-electron chi connectivity index (χ3n) is 4.59. The van der Waals surface area contributed by atoms with Crippen LogP contribution in [0.2, 0.25) is 0 Å². The van der Waals surface area contributed by atoms with E-state index in [2.05, 4.69) is 39.4 Å². The third kappa shape index (κ3) is 3.20. The van der Waals surface area contributed by atoms with Crippen molar-refractivity contribution in [3.05, 3.63) is 76.9 Å². The number of benzene rings is 1. The summed E-state index contributed by atoms with van der Waals surface area (Å²) in [5, 5.41) is 4.40. The summed E-state index contributed by atoms with van der Waals surface area (Å²) >= 11 is 0.